The van der Waals surface area contributed by atoms with Gasteiger partial charge in [-0.15, -0.1) is 0 Å². The van der Waals surface area contributed by atoms with Gasteiger partial charge in [0.1, 0.15) is 0 Å². The zero-order chi connectivity index (χ0) is 9.52. The second-order valence-electron chi connectivity index (χ2n) is 2.70. The SMILES string of the molecule is C=C/C=C\C(=C/C)c1ccccc1. The van der Waals surface area contributed by atoms with E-state index in [0.29, 0.717) is 0 Å². The third kappa shape index (κ3) is 2.75. The van der Waals surface area contributed by atoms with Gasteiger partial charge in [0.15, 0.2) is 0 Å². The molecule has 0 fully saturated rings. The van der Waals surface area contributed by atoms with E-state index in [2.05, 4.69) is 30.9 Å². The third-order valence-electron chi connectivity index (χ3n) is 1.83. The van der Waals surface area contributed by atoms with Crippen molar-refractivity contribution in [1.82, 2.24) is 0 Å². The molecular weight excluding hydrogens is 156 g/mol. The Bertz CT molecular complexity index is 315. The fourth-order valence-electron chi connectivity index (χ4n) is 1.16. The largest absolute Gasteiger partial charge is 0.0991 e. The monoisotopic (exact) mass is 170 g/mol. The Balaban J connectivity index is 2.92. The van der Waals surface area contributed by atoms with Crippen molar-refractivity contribution < 1.29 is 0 Å². The number of benzene rings is 1. The van der Waals surface area contributed by atoms with E-state index in [1.54, 1.807) is 6.08 Å². The van der Waals surface area contributed by atoms with Crippen LogP contribution in [-0.4, -0.2) is 0 Å². The smallest absolute Gasteiger partial charge is 0.0187 e. The van der Waals surface area contributed by atoms with E-state index in [0.717, 1.165) is 0 Å². The average Bonchev–Trinajstić information content (AvgIpc) is 2.21. The number of hydrogen-bond acceptors (Lipinski definition) is 0. The van der Waals surface area contributed by atoms with Crippen molar-refractivity contribution in [3.05, 3.63) is 66.8 Å². The van der Waals surface area contributed by atoms with Crippen molar-refractivity contribution >= 4 is 5.57 Å². The molecule has 0 amide bonds. The Kier molecular flexibility index (Phi) is 3.77. The lowest BCUT2D eigenvalue weighted by atomic mass is 10.1. The highest BCUT2D eigenvalue weighted by Crippen LogP contribution is 2.14. The van der Waals surface area contributed by atoms with Crippen molar-refractivity contribution in [2.45, 2.75) is 6.92 Å². The molecular formula is C13H14. The second kappa shape index (κ2) is 5.15. The van der Waals surface area contributed by atoms with Crippen LogP contribution in [0.4, 0.5) is 0 Å². The lowest BCUT2D eigenvalue weighted by molar-refractivity contribution is 1.59. The molecule has 1 rings (SSSR count). The zero-order valence-electron chi connectivity index (χ0n) is 7.90. The van der Waals surface area contributed by atoms with Gasteiger partial charge < -0.3 is 0 Å². The molecule has 0 radical (unpaired) electrons. The molecule has 0 aliphatic carbocycles. The molecule has 0 N–H and O–H groups in total. The molecule has 1 aromatic rings. The first kappa shape index (κ1) is 9.53. The van der Waals surface area contributed by atoms with Crippen LogP contribution >= 0.6 is 0 Å². The molecule has 0 aliphatic rings. The van der Waals surface area contributed by atoms with E-state index in [4.69, 9.17) is 0 Å². The molecule has 0 unspecified atom stereocenters. The summed E-state index contributed by atoms with van der Waals surface area (Å²) in [6, 6.07) is 10.3. The molecule has 1 aromatic carbocycles. The van der Waals surface area contributed by atoms with Crippen molar-refractivity contribution in [1.29, 1.82) is 0 Å². The molecule has 0 nitrogen and oxygen atoms in total. The van der Waals surface area contributed by atoms with Crippen LogP contribution < -0.4 is 0 Å². The molecule has 0 bridgehead atoms. The third-order valence-corrected chi connectivity index (χ3v) is 1.83. The predicted octanol–water partition coefficient (Wildman–Crippen LogP) is 3.83. The fourth-order valence-corrected chi connectivity index (χ4v) is 1.16. The number of allylic oxidation sites excluding steroid dienone is 5. The molecule has 0 aliphatic heterocycles. The van der Waals surface area contributed by atoms with Crippen LogP contribution in [0.2, 0.25) is 0 Å². The first-order valence-electron chi connectivity index (χ1n) is 4.39. The molecule has 0 atom stereocenters. The van der Waals surface area contributed by atoms with Gasteiger partial charge in [-0.05, 0) is 18.1 Å². The van der Waals surface area contributed by atoms with Crippen molar-refractivity contribution in [3.63, 3.8) is 0 Å². The molecule has 0 saturated carbocycles. The lowest BCUT2D eigenvalue weighted by Crippen LogP contribution is -1.77. The average molecular weight is 170 g/mol. The Morgan fingerprint density at radius 1 is 1.23 bits per heavy atom. The highest BCUT2D eigenvalue weighted by atomic mass is 14.0. The molecule has 0 spiro atoms. The summed E-state index contributed by atoms with van der Waals surface area (Å²) >= 11 is 0. The molecule has 0 saturated heterocycles. The van der Waals surface area contributed by atoms with Crippen molar-refractivity contribution in [2.75, 3.05) is 0 Å². The first-order valence-corrected chi connectivity index (χ1v) is 4.39. The van der Waals surface area contributed by atoms with E-state index in [1.807, 2.05) is 31.2 Å². The summed E-state index contributed by atoms with van der Waals surface area (Å²) in [5.41, 5.74) is 2.46. The minimum absolute atomic E-state index is 1.22. The number of hydrogen-bond donors (Lipinski definition) is 0. The van der Waals surface area contributed by atoms with Crippen LogP contribution in [0.5, 0.6) is 0 Å². The minimum atomic E-state index is 1.22. The highest BCUT2D eigenvalue weighted by molar-refractivity contribution is 5.73. The predicted molar refractivity (Wildman–Crippen MR) is 59.4 cm³/mol. The van der Waals surface area contributed by atoms with Gasteiger partial charge >= 0.3 is 0 Å². The van der Waals surface area contributed by atoms with Crippen LogP contribution in [0.15, 0.2) is 61.2 Å². The maximum atomic E-state index is 3.65. The quantitative estimate of drug-likeness (QED) is 0.605. The Labute approximate surface area is 79.9 Å². The van der Waals surface area contributed by atoms with Gasteiger partial charge in [0.2, 0.25) is 0 Å². The van der Waals surface area contributed by atoms with Crippen LogP contribution in [-0.2, 0) is 0 Å². The van der Waals surface area contributed by atoms with Gasteiger partial charge in [0.05, 0.1) is 0 Å². The summed E-state index contributed by atoms with van der Waals surface area (Å²) in [4.78, 5) is 0. The van der Waals surface area contributed by atoms with Gasteiger partial charge in [0.25, 0.3) is 0 Å². The normalized spacial score (nSPS) is 11.9. The zero-order valence-corrected chi connectivity index (χ0v) is 7.90. The molecule has 0 aromatic heterocycles. The highest BCUT2D eigenvalue weighted by Gasteiger charge is 1.92. The Morgan fingerprint density at radius 3 is 2.46 bits per heavy atom. The van der Waals surface area contributed by atoms with Gasteiger partial charge in [-0.25, -0.2) is 0 Å². The Hall–Kier alpha value is -1.56. The summed E-state index contributed by atoms with van der Waals surface area (Å²) in [5.74, 6) is 0. The maximum absolute atomic E-state index is 3.65. The van der Waals surface area contributed by atoms with E-state index >= 15 is 0 Å². The second-order valence-corrected chi connectivity index (χ2v) is 2.70. The lowest BCUT2D eigenvalue weighted by Gasteiger charge is -1.99. The van der Waals surface area contributed by atoms with Crippen molar-refractivity contribution in [3.8, 4) is 0 Å². The summed E-state index contributed by atoms with van der Waals surface area (Å²) in [7, 11) is 0. The standard InChI is InChI=1S/C13H14/c1-3-5-9-12(4-2)13-10-7-6-8-11-13/h3-11H,1H2,2H3/b9-5-,12-4+. The van der Waals surface area contributed by atoms with E-state index in [-0.39, 0.29) is 0 Å². The van der Waals surface area contributed by atoms with Gasteiger partial charge in [-0.1, -0.05) is 61.2 Å². The summed E-state index contributed by atoms with van der Waals surface area (Å²) in [6.45, 7) is 5.68. The molecule has 0 heterocycles. The summed E-state index contributed by atoms with van der Waals surface area (Å²) in [6.07, 6.45) is 7.88. The van der Waals surface area contributed by atoms with Crippen LogP contribution in [0.1, 0.15) is 12.5 Å². The van der Waals surface area contributed by atoms with E-state index in [9.17, 15) is 0 Å². The minimum Gasteiger partial charge on any atom is -0.0991 e. The van der Waals surface area contributed by atoms with E-state index < -0.39 is 0 Å². The number of rotatable bonds is 3. The maximum Gasteiger partial charge on any atom is -0.0187 e. The van der Waals surface area contributed by atoms with Crippen LogP contribution in [0, 0.1) is 0 Å². The first-order chi connectivity index (χ1) is 6.38. The van der Waals surface area contributed by atoms with Crippen molar-refractivity contribution in [2.24, 2.45) is 0 Å². The topological polar surface area (TPSA) is 0 Å². The Morgan fingerprint density at radius 2 is 1.92 bits per heavy atom. The molecule has 66 valence electrons. The molecule has 0 heteroatoms. The fraction of sp³-hybridized carbons (Fsp3) is 0.0769. The van der Waals surface area contributed by atoms with E-state index in [1.165, 1.54) is 11.1 Å². The van der Waals surface area contributed by atoms with Gasteiger partial charge in [-0.2, -0.15) is 0 Å². The summed E-state index contributed by atoms with van der Waals surface area (Å²) in [5, 5.41) is 0. The summed E-state index contributed by atoms with van der Waals surface area (Å²) < 4.78 is 0. The van der Waals surface area contributed by atoms with Gasteiger partial charge in [-0.3, -0.25) is 0 Å². The van der Waals surface area contributed by atoms with Gasteiger partial charge in [0, 0.05) is 0 Å². The van der Waals surface area contributed by atoms with Crippen LogP contribution in [0.25, 0.3) is 5.57 Å². The van der Waals surface area contributed by atoms with Crippen LogP contribution in [0.3, 0.4) is 0 Å². The molecule has 13 heavy (non-hydrogen) atoms.